The van der Waals surface area contributed by atoms with Crippen molar-refractivity contribution in [1.82, 2.24) is 20.7 Å². The number of rotatable bonds is 12. The van der Waals surface area contributed by atoms with E-state index >= 15 is 0 Å². The molecule has 0 saturated carbocycles. The number of H-pyrrole nitrogens is 1. The van der Waals surface area contributed by atoms with Crippen LogP contribution in [0.25, 0.3) is 11.1 Å². The topological polar surface area (TPSA) is 137 Å². The summed E-state index contributed by atoms with van der Waals surface area (Å²) >= 11 is 6.00. The van der Waals surface area contributed by atoms with E-state index in [1.54, 1.807) is 24.3 Å². The van der Waals surface area contributed by atoms with Gasteiger partial charge in [0, 0.05) is 16.6 Å². The predicted molar refractivity (Wildman–Crippen MR) is 126 cm³/mol. The molecule has 186 valence electrons. The number of nitrogens with zero attached hydrogens (tertiary/aromatic N) is 2. The molecular weight excluding hydrogens is 479 g/mol. The Bertz CT molecular complexity index is 1140. The molecule has 9 nitrogen and oxygen atoms in total. The SMILES string of the molecule is C[C@@](COCCO)(C[C@@H](Cc1ccc(-c2cc(Cl)ccc2F)cc1)NC(=O)c1cnn[nH]1)C(=O)O. The van der Waals surface area contributed by atoms with E-state index in [1.807, 2.05) is 0 Å². The molecule has 0 aliphatic heterocycles. The Balaban J connectivity index is 1.82. The Morgan fingerprint density at radius 3 is 2.63 bits per heavy atom. The molecule has 4 N–H and O–H groups in total. The number of benzene rings is 2. The molecule has 0 unspecified atom stereocenters. The monoisotopic (exact) mass is 504 g/mol. The van der Waals surface area contributed by atoms with Gasteiger partial charge in [-0.3, -0.25) is 14.7 Å². The van der Waals surface area contributed by atoms with Gasteiger partial charge in [-0.1, -0.05) is 41.1 Å². The maximum atomic E-state index is 14.2. The van der Waals surface area contributed by atoms with Crippen LogP contribution in [0, 0.1) is 11.2 Å². The maximum Gasteiger partial charge on any atom is 0.311 e. The zero-order valence-corrected chi connectivity index (χ0v) is 19.8. The number of carboxylic acids is 1. The van der Waals surface area contributed by atoms with Gasteiger partial charge in [-0.2, -0.15) is 0 Å². The van der Waals surface area contributed by atoms with Crippen LogP contribution in [-0.4, -0.2) is 63.4 Å². The van der Waals surface area contributed by atoms with E-state index in [2.05, 4.69) is 20.7 Å². The summed E-state index contributed by atoms with van der Waals surface area (Å²) in [5.74, 6) is -1.98. The van der Waals surface area contributed by atoms with E-state index in [0.717, 1.165) is 5.56 Å². The third kappa shape index (κ3) is 7.08. The largest absolute Gasteiger partial charge is 0.481 e. The van der Waals surface area contributed by atoms with E-state index < -0.39 is 29.2 Å². The molecular formula is C24H26ClFN4O5. The highest BCUT2D eigenvalue weighted by molar-refractivity contribution is 6.30. The van der Waals surface area contributed by atoms with Gasteiger partial charge < -0.3 is 20.3 Å². The molecule has 0 radical (unpaired) electrons. The average molecular weight is 505 g/mol. The highest BCUT2D eigenvalue weighted by atomic mass is 35.5. The quantitative estimate of drug-likeness (QED) is 0.278. The summed E-state index contributed by atoms with van der Waals surface area (Å²) < 4.78 is 19.5. The number of carboxylic acid groups (broad SMARTS) is 1. The van der Waals surface area contributed by atoms with Crippen LogP contribution < -0.4 is 5.32 Å². The van der Waals surface area contributed by atoms with Crippen LogP contribution in [0.3, 0.4) is 0 Å². The molecule has 1 aromatic heterocycles. The molecule has 0 aliphatic carbocycles. The van der Waals surface area contributed by atoms with Crippen molar-refractivity contribution in [3.63, 3.8) is 0 Å². The predicted octanol–water partition coefficient (Wildman–Crippen LogP) is 3.10. The van der Waals surface area contributed by atoms with Gasteiger partial charge in [-0.15, -0.1) is 5.10 Å². The first-order valence-electron chi connectivity index (χ1n) is 10.8. The van der Waals surface area contributed by atoms with Crippen LogP contribution in [0.1, 0.15) is 29.4 Å². The second kappa shape index (κ2) is 11.9. The molecule has 1 heterocycles. The molecule has 3 aromatic rings. The summed E-state index contributed by atoms with van der Waals surface area (Å²) in [4.78, 5) is 24.7. The minimum absolute atomic E-state index is 0.00122. The Hall–Kier alpha value is -3.34. The molecule has 11 heteroatoms. The van der Waals surface area contributed by atoms with Crippen LogP contribution in [0.4, 0.5) is 4.39 Å². The number of carbonyl (C=O) groups is 2. The fourth-order valence-corrected chi connectivity index (χ4v) is 3.85. The molecule has 35 heavy (non-hydrogen) atoms. The van der Waals surface area contributed by atoms with Gasteiger partial charge in [0.2, 0.25) is 0 Å². The molecule has 2 atom stereocenters. The highest BCUT2D eigenvalue weighted by Crippen LogP contribution is 2.29. The van der Waals surface area contributed by atoms with Crippen molar-refractivity contribution < 1.29 is 28.9 Å². The van der Waals surface area contributed by atoms with Crippen LogP contribution in [0.5, 0.6) is 0 Å². The number of amides is 1. The molecule has 2 aromatic carbocycles. The van der Waals surface area contributed by atoms with Gasteiger partial charge in [0.05, 0.1) is 31.4 Å². The molecule has 1 amide bonds. The Morgan fingerprint density at radius 1 is 1.26 bits per heavy atom. The summed E-state index contributed by atoms with van der Waals surface area (Å²) in [7, 11) is 0. The van der Waals surface area contributed by atoms with Gasteiger partial charge in [-0.05, 0) is 49.1 Å². The number of halogens is 2. The van der Waals surface area contributed by atoms with Crippen molar-refractivity contribution in [2.75, 3.05) is 19.8 Å². The molecule has 0 aliphatic rings. The first kappa shape index (κ1) is 26.3. The molecule has 0 saturated heterocycles. The highest BCUT2D eigenvalue weighted by Gasteiger charge is 2.37. The number of ether oxygens (including phenoxy) is 1. The lowest BCUT2D eigenvalue weighted by atomic mass is 9.82. The van der Waals surface area contributed by atoms with Crippen molar-refractivity contribution in [3.8, 4) is 11.1 Å². The molecule has 0 fully saturated rings. The minimum Gasteiger partial charge on any atom is -0.481 e. The number of aromatic amines is 1. The van der Waals surface area contributed by atoms with E-state index in [1.165, 1.54) is 31.3 Å². The van der Waals surface area contributed by atoms with Crippen LogP contribution in [-0.2, 0) is 16.0 Å². The fourth-order valence-electron chi connectivity index (χ4n) is 3.68. The third-order valence-electron chi connectivity index (χ3n) is 5.54. The summed E-state index contributed by atoms with van der Waals surface area (Å²) in [6.45, 7) is 1.14. The Kier molecular flexibility index (Phi) is 8.91. The summed E-state index contributed by atoms with van der Waals surface area (Å²) in [6.07, 6.45) is 1.61. The number of nitrogens with one attached hydrogen (secondary N) is 2. The molecule has 0 bridgehead atoms. The number of aliphatic hydroxyl groups excluding tert-OH is 1. The van der Waals surface area contributed by atoms with Gasteiger partial charge in [-0.25, -0.2) is 4.39 Å². The van der Waals surface area contributed by atoms with E-state index in [9.17, 15) is 19.1 Å². The third-order valence-corrected chi connectivity index (χ3v) is 5.77. The first-order chi connectivity index (χ1) is 16.7. The maximum absolute atomic E-state index is 14.2. The normalized spacial score (nSPS) is 13.7. The summed E-state index contributed by atoms with van der Waals surface area (Å²) in [5.41, 5.74) is 0.595. The zero-order valence-electron chi connectivity index (χ0n) is 19.0. The van der Waals surface area contributed by atoms with Crippen molar-refractivity contribution in [3.05, 3.63) is 70.8 Å². The summed E-state index contributed by atoms with van der Waals surface area (Å²) in [5, 5.41) is 31.7. The lowest BCUT2D eigenvalue weighted by molar-refractivity contribution is -0.153. The smallest absolute Gasteiger partial charge is 0.311 e. The van der Waals surface area contributed by atoms with Gasteiger partial charge in [0.1, 0.15) is 11.5 Å². The second-order valence-electron chi connectivity index (χ2n) is 8.41. The van der Waals surface area contributed by atoms with Crippen molar-refractivity contribution in [1.29, 1.82) is 0 Å². The fraction of sp³-hybridized carbons (Fsp3) is 0.333. The number of hydrogen-bond donors (Lipinski definition) is 4. The van der Waals surface area contributed by atoms with Gasteiger partial charge in [0.25, 0.3) is 5.91 Å². The van der Waals surface area contributed by atoms with Crippen LogP contribution >= 0.6 is 11.6 Å². The first-order valence-corrected chi connectivity index (χ1v) is 11.2. The second-order valence-corrected chi connectivity index (χ2v) is 8.85. The van der Waals surface area contributed by atoms with Gasteiger partial charge in [0.15, 0.2) is 0 Å². The minimum atomic E-state index is -1.33. The van der Waals surface area contributed by atoms with E-state index in [-0.39, 0.29) is 31.9 Å². The molecule has 0 spiro atoms. The van der Waals surface area contributed by atoms with E-state index in [0.29, 0.717) is 22.6 Å². The number of aliphatic hydroxyl groups is 1. The van der Waals surface area contributed by atoms with Crippen molar-refractivity contribution in [2.24, 2.45) is 5.41 Å². The zero-order chi connectivity index (χ0) is 25.4. The van der Waals surface area contributed by atoms with E-state index in [4.69, 9.17) is 21.4 Å². The average Bonchev–Trinajstić information content (AvgIpc) is 3.36. The van der Waals surface area contributed by atoms with Crippen molar-refractivity contribution in [2.45, 2.75) is 25.8 Å². The number of aliphatic carboxylic acids is 1. The Morgan fingerprint density at radius 2 is 2.00 bits per heavy atom. The summed E-state index contributed by atoms with van der Waals surface area (Å²) in [6, 6.07) is 10.8. The number of hydrogen-bond acceptors (Lipinski definition) is 6. The van der Waals surface area contributed by atoms with Crippen molar-refractivity contribution >= 4 is 23.5 Å². The Labute approximate surface area is 206 Å². The van der Waals surface area contributed by atoms with Crippen LogP contribution in [0.2, 0.25) is 5.02 Å². The van der Waals surface area contributed by atoms with Gasteiger partial charge >= 0.3 is 5.97 Å². The number of carbonyl (C=O) groups excluding carboxylic acids is 1. The lowest BCUT2D eigenvalue weighted by Crippen LogP contribution is -2.44. The van der Waals surface area contributed by atoms with Crippen LogP contribution in [0.15, 0.2) is 48.7 Å². The standard InChI is InChI=1S/C24H26ClFN4O5/c1-24(23(33)34,14-35-9-8-31)12-18(28-22(32)21-13-27-30-29-21)10-15-2-4-16(5-3-15)19-11-17(25)6-7-20(19)26/h2-7,11,13,18,31H,8-10,12,14H2,1H3,(H,28,32)(H,33,34)(H,27,29,30)/t18-,24+/m1/s1. The number of aromatic nitrogens is 3. The lowest BCUT2D eigenvalue weighted by Gasteiger charge is -2.30. The molecule has 3 rings (SSSR count).